The summed E-state index contributed by atoms with van der Waals surface area (Å²) in [5.41, 5.74) is 11.9. The summed E-state index contributed by atoms with van der Waals surface area (Å²) in [6, 6.07) is 68.5. The van der Waals surface area contributed by atoms with Crippen LogP contribution in [-0.2, 0) is 5.41 Å². The Morgan fingerprint density at radius 2 is 0.911 bits per heavy atom. The second-order valence-electron chi connectivity index (χ2n) is 14.2. The summed E-state index contributed by atoms with van der Waals surface area (Å²) in [4.78, 5) is 19.9. The van der Waals surface area contributed by atoms with Crippen molar-refractivity contribution in [2.75, 3.05) is 0 Å². The first-order valence-electron chi connectivity index (χ1n) is 18.9. The van der Waals surface area contributed by atoms with Gasteiger partial charge in [-0.05, 0) is 63.7 Å². The quantitative estimate of drug-likeness (QED) is 0.172. The normalized spacial score (nSPS) is 12.8. The Hall–Kier alpha value is -7.50. The molecule has 7 aromatic carbocycles. The van der Waals surface area contributed by atoms with Crippen molar-refractivity contribution in [2.24, 2.45) is 0 Å². The third kappa shape index (κ3) is 4.88. The summed E-state index contributed by atoms with van der Waals surface area (Å²) in [5, 5.41) is 2.37. The number of nitrogens with zero attached hydrogens (tertiary/aromatic N) is 5. The fourth-order valence-electron chi connectivity index (χ4n) is 8.74. The van der Waals surface area contributed by atoms with Gasteiger partial charge in [-0.15, -0.1) is 0 Å². The summed E-state index contributed by atoms with van der Waals surface area (Å²) in [7, 11) is 0. The van der Waals surface area contributed by atoms with E-state index in [0.29, 0.717) is 17.5 Å². The van der Waals surface area contributed by atoms with E-state index in [1.165, 1.54) is 44.2 Å². The minimum atomic E-state index is -0.507. The van der Waals surface area contributed by atoms with E-state index < -0.39 is 5.41 Å². The maximum absolute atomic E-state index is 5.15. The minimum absolute atomic E-state index is 0.507. The molecule has 0 aliphatic heterocycles. The Labute approximate surface area is 324 Å². The minimum Gasteiger partial charge on any atom is -0.294 e. The number of pyridine rings is 1. The van der Waals surface area contributed by atoms with Crippen molar-refractivity contribution in [1.82, 2.24) is 24.5 Å². The molecule has 0 spiro atoms. The number of hydrogen-bond acceptors (Lipinski definition) is 4. The van der Waals surface area contributed by atoms with E-state index in [2.05, 4.69) is 138 Å². The first-order valence-corrected chi connectivity index (χ1v) is 18.9. The summed E-state index contributed by atoms with van der Waals surface area (Å²) < 4.78 is 2.30. The summed E-state index contributed by atoms with van der Waals surface area (Å²) in [6.45, 7) is 0. The first kappa shape index (κ1) is 32.0. The molecule has 1 aliphatic rings. The number of rotatable bonds is 6. The van der Waals surface area contributed by atoms with Crippen molar-refractivity contribution in [3.05, 3.63) is 223 Å². The molecule has 0 unspecified atom stereocenters. The highest BCUT2D eigenvalue weighted by molar-refractivity contribution is 6.12. The van der Waals surface area contributed by atoms with E-state index in [4.69, 9.17) is 19.9 Å². The lowest BCUT2D eigenvalue weighted by Gasteiger charge is -2.34. The van der Waals surface area contributed by atoms with E-state index in [1.54, 1.807) is 0 Å². The Morgan fingerprint density at radius 3 is 1.52 bits per heavy atom. The molecule has 0 fully saturated rings. The predicted molar refractivity (Wildman–Crippen MR) is 226 cm³/mol. The molecule has 1 aliphatic carbocycles. The maximum atomic E-state index is 5.15. The van der Waals surface area contributed by atoms with Gasteiger partial charge in [-0.1, -0.05) is 164 Å². The molecule has 0 N–H and O–H groups in total. The molecule has 10 aromatic rings. The molecule has 0 bridgehead atoms. The highest BCUT2D eigenvalue weighted by Gasteiger charge is 2.46. The topological polar surface area (TPSA) is 56.5 Å². The van der Waals surface area contributed by atoms with E-state index in [1.807, 2.05) is 66.9 Å². The van der Waals surface area contributed by atoms with Gasteiger partial charge < -0.3 is 0 Å². The summed E-state index contributed by atoms with van der Waals surface area (Å²) in [5.74, 6) is 2.64. The van der Waals surface area contributed by atoms with Gasteiger partial charge in [0.15, 0.2) is 17.5 Å². The van der Waals surface area contributed by atoms with Crippen LogP contribution >= 0.6 is 0 Å². The van der Waals surface area contributed by atoms with Crippen LogP contribution in [0.4, 0.5) is 0 Å². The number of benzene rings is 7. The van der Waals surface area contributed by atoms with Crippen LogP contribution in [0.5, 0.6) is 0 Å². The predicted octanol–water partition coefficient (Wildman–Crippen LogP) is 11.7. The molecule has 11 rings (SSSR count). The molecule has 0 radical (unpaired) electrons. The molecular formula is C51H33N5. The highest BCUT2D eigenvalue weighted by Crippen LogP contribution is 2.57. The van der Waals surface area contributed by atoms with Crippen molar-refractivity contribution in [3.8, 4) is 51.1 Å². The fraction of sp³-hybridized carbons (Fsp3) is 0.0196. The van der Waals surface area contributed by atoms with Gasteiger partial charge in [0, 0.05) is 33.7 Å². The summed E-state index contributed by atoms with van der Waals surface area (Å²) in [6.07, 6.45) is 1.89. The van der Waals surface area contributed by atoms with Crippen molar-refractivity contribution < 1.29 is 0 Å². The zero-order valence-electron chi connectivity index (χ0n) is 30.3. The van der Waals surface area contributed by atoms with Crippen LogP contribution in [0.3, 0.4) is 0 Å². The van der Waals surface area contributed by atoms with Gasteiger partial charge in [0.05, 0.1) is 16.4 Å². The molecule has 0 saturated carbocycles. The number of hydrogen-bond donors (Lipinski definition) is 0. The third-order valence-corrected chi connectivity index (χ3v) is 11.2. The van der Waals surface area contributed by atoms with Crippen molar-refractivity contribution in [2.45, 2.75) is 5.41 Å². The van der Waals surface area contributed by atoms with Gasteiger partial charge in [0.1, 0.15) is 5.82 Å². The molecular weight excluding hydrogens is 683 g/mol. The summed E-state index contributed by atoms with van der Waals surface area (Å²) >= 11 is 0. The zero-order chi connectivity index (χ0) is 37.1. The molecule has 0 saturated heterocycles. The van der Waals surface area contributed by atoms with Gasteiger partial charge in [0.2, 0.25) is 0 Å². The molecule has 5 nitrogen and oxygen atoms in total. The molecule has 5 heteroatoms. The van der Waals surface area contributed by atoms with E-state index in [0.717, 1.165) is 33.5 Å². The van der Waals surface area contributed by atoms with Crippen molar-refractivity contribution >= 4 is 21.8 Å². The van der Waals surface area contributed by atoms with Gasteiger partial charge in [0.25, 0.3) is 0 Å². The van der Waals surface area contributed by atoms with Gasteiger partial charge in [-0.25, -0.2) is 19.9 Å². The lowest BCUT2D eigenvalue weighted by Crippen LogP contribution is -2.28. The molecule has 3 heterocycles. The molecule has 56 heavy (non-hydrogen) atoms. The standard InChI is InChI=1S/C51H33N5/c1-5-17-34(18-6-1)48-53-49(35-19-7-2-8-20-35)55-50(54-48)36-29-30-47(52-33-36)56-45-28-16-14-26-40(45)42-31-41-39-25-13-15-27-43(39)51(44(41)32-46(42)56,37-21-9-3-10-22-37)38-23-11-4-12-24-38/h1-33H. The third-order valence-electron chi connectivity index (χ3n) is 11.2. The van der Waals surface area contributed by atoms with Crippen molar-refractivity contribution in [1.29, 1.82) is 0 Å². The van der Waals surface area contributed by atoms with Crippen LogP contribution < -0.4 is 0 Å². The van der Waals surface area contributed by atoms with Gasteiger partial charge in [-0.3, -0.25) is 4.57 Å². The molecule has 262 valence electrons. The van der Waals surface area contributed by atoms with Crippen LogP contribution in [0.25, 0.3) is 72.9 Å². The molecule has 3 aromatic heterocycles. The van der Waals surface area contributed by atoms with Crippen molar-refractivity contribution in [3.63, 3.8) is 0 Å². The average Bonchev–Trinajstić information content (AvgIpc) is 3.76. The number of aromatic nitrogens is 5. The van der Waals surface area contributed by atoms with Crippen LogP contribution in [0.2, 0.25) is 0 Å². The zero-order valence-corrected chi connectivity index (χ0v) is 30.3. The molecule has 0 amide bonds. The van der Waals surface area contributed by atoms with Crippen LogP contribution in [0, 0.1) is 0 Å². The lowest BCUT2D eigenvalue weighted by atomic mass is 9.67. The molecule has 0 atom stereocenters. The lowest BCUT2D eigenvalue weighted by molar-refractivity contribution is 0.769. The Kier molecular flexibility index (Phi) is 7.32. The maximum Gasteiger partial charge on any atom is 0.165 e. The fourth-order valence-corrected chi connectivity index (χ4v) is 8.74. The Morgan fingerprint density at radius 1 is 0.375 bits per heavy atom. The van der Waals surface area contributed by atoms with Crippen LogP contribution in [0.15, 0.2) is 200 Å². The van der Waals surface area contributed by atoms with Gasteiger partial charge in [-0.2, -0.15) is 0 Å². The highest BCUT2D eigenvalue weighted by atomic mass is 15.1. The number of para-hydroxylation sites is 1. The van der Waals surface area contributed by atoms with E-state index in [-0.39, 0.29) is 0 Å². The first-order chi connectivity index (χ1) is 27.8. The second kappa shape index (κ2) is 12.8. The largest absolute Gasteiger partial charge is 0.294 e. The SMILES string of the molecule is c1ccc(-c2nc(-c3ccccc3)nc(-c3ccc(-n4c5ccccc5c5cc6c(cc54)C(c4ccccc4)(c4ccccc4)c4ccccc4-6)nc3)n2)cc1. The Balaban J connectivity index is 1.12. The van der Waals surface area contributed by atoms with E-state index >= 15 is 0 Å². The smallest absolute Gasteiger partial charge is 0.165 e. The second-order valence-corrected chi connectivity index (χ2v) is 14.2. The monoisotopic (exact) mass is 715 g/mol. The average molecular weight is 716 g/mol. The van der Waals surface area contributed by atoms with Gasteiger partial charge >= 0.3 is 0 Å². The van der Waals surface area contributed by atoms with Crippen LogP contribution in [0.1, 0.15) is 22.3 Å². The van der Waals surface area contributed by atoms with Crippen LogP contribution in [-0.4, -0.2) is 24.5 Å². The van der Waals surface area contributed by atoms with E-state index in [9.17, 15) is 0 Å². The Bertz CT molecular complexity index is 2950. The number of fused-ring (bicyclic) bond motifs is 6.